The van der Waals surface area contributed by atoms with Gasteiger partial charge in [-0.3, -0.25) is 19.2 Å². The molecule has 1 fully saturated rings. The van der Waals surface area contributed by atoms with Crippen molar-refractivity contribution in [2.45, 2.75) is 29.4 Å². The van der Waals surface area contributed by atoms with E-state index >= 15 is 0 Å². The summed E-state index contributed by atoms with van der Waals surface area (Å²) in [6, 6.07) is 11.2. The van der Waals surface area contributed by atoms with Crippen LogP contribution in [0.2, 0.25) is 0 Å². The fraction of sp³-hybridized carbons (Fsp3) is 0.364. The summed E-state index contributed by atoms with van der Waals surface area (Å²) in [4.78, 5) is 34.5. The van der Waals surface area contributed by atoms with Gasteiger partial charge in [0, 0.05) is 42.8 Å². The third-order valence-electron chi connectivity index (χ3n) is 5.74. The van der Waals surface area contributed by atoms with Crippen LogP contribution in [0.1, 0.15) is 6.23 Å². The lowest BCUT2D eigenvalue weighted by Gasteiger charge is -2.22. The zero-order valence-electron chi connectivity index (χ0n) is 19.4. The van der Waals surface area contributed by atoms with Gasteiger partial charge < -0.3 is 24.6 Å². The normalized spacial score (nSPS) is 22.2. The molecule has 1 aromatic heterocycles. The monoisotopic (exact) mass is 522 g/mol. The second kappa shape index (κ2) is 10.5. The molecule has 4 atom stereocenters. The van der Waals surface area contributed by atoms with Crippen molar-refractivity contribution in [1.29, 1.82) is 0 Å². The highest BCUT2D eigenvalue weighted by Gasteiger charge is 2.45. The van der Waals surface area contributed by atoms with Crippen LogP contribution in [0.4, 0.5) is 5.69 Å². The Hall–Kier alpha value is -3.11. The summed E-state index contributed by atoms with van der Waals surface area (Å²) in [5.74, 6) is 0. The smallest absolute Gasteiger partial charge is 0.330 e. The number of benzene rings is 2. The molecular formula is C22H26N4O9S. The highest BCUT2D eigenvalue weighted by atomic mass is 32.2. The van der Waals surface area contributed by atoms with Crippen molar-refractivity contribution in [3.05, 3.63) is 69.5 Å². The Morgan fingerprint density at radius 3 is 2.56 bits per heavy atom. The van der Waals surface area contributed by atoms with E-state index in [4.69, 9.17) is 14.3 Å². The number of nitrogens with zero attached hydrogens (tertiary/aromatic N) is 2. The number of aliphatic hydroxyl groups excluding tert-OH is 2. The first-order valence-corrected chi connectivity index (χ1v) is 12.3. The molecule has 14 heteroatoms. The minimum absolute atomic E-state index is 0.00838. The molecule has 0 aliphatic carbocycles. The van der Waals surface area contributed by atoms with Gasteiger partial charge in [0.15, 0.2) is 13.0 Å². The van der Waals surface area contributed by atoms with Gasteiger partial charge in [-0.1, -0.05) is 29.2 Å². The second-order valence-corrected chi connectivity index (χ2v) is 9.87. The Kier molecular flexibility index (Phi) is 7.56. The predicted octanol–water partition coefficient (Wildman–Crippen LogP) is -0.741. The Labute approximate surface area is 205 Å². The van der Waals surface area contributed by atoms with Gasteiger partial charge in [0.05, 0.1) is 11.5 Å². The molecule has 36 heavy (non-hydrogen) atoms. The number of fused-ring (bicyclic) bond motifs is 1. The molecule has 0 amide bonds. The van der Waals surface area contributed by atoms with E-state index in [1.165, 1.54) is 6.07 Å². The molecule has 0 bridgehead atoms. The Morgan fingerprint density at radius 1 is 1.14 bits per heavy atom. The molecule has 0 radical (unpaired) electrons. The fourth-order valence-corrected chi connectivity index (χ4v) is 5.07. The average molecular weight is 523 g/mol. The van der Waals surface area contributed by atoms with Gasteiger partial charge >= 0.3 is 5.69 Å². The van der Waals surface area contributed by atoms with Crippen LogP contribution < -0.4 is 21.0 Å². The number of anilines is 1. The summed E-state index contributed by atoms with van der Waals surface area (Å²) in [6.45, 7) is -1.23. The zero-order chi connectivity index (χ0) is 26.0. The van der Waals surface area contributed by atoms with E-state index < -0.39 is 59.2 Å². The van der Waals surface area contributed by atoms with Crippen LogP contribution in [-0.2, 0) is 24.3 Å². The summed E-state index contributed by atoms with van der Waals surface area (Å²) in [5, 5.41) is 21.1. The molecule has 0 saturated carbocycles. The van der Waals surface area contributed by atoms with Gasteiger partial charge in [0.2, 0.25) is 0 Å². The van der Waals surface area contributed by atoms with Crippen LogP contribution in [0.3, 0.4) is 0 Å². The minimum atomic E-state index is -4.13. The molecule has 3 aromatic rings. The van der Waals surface area contributed by atoms with Crippen LogP contribution in [0, 0.1) is 0 Å². The Balaban J connectivity index is 1.48. The van der Waals surface area contributed by atoms with Crippen molar-refractivity contribution in [2.75, 3.05) is 32.4 Å². The van der Waals surface area contributed by atoms with Crippen molar-refractivity contribution in [2.24, 2.45) is 0 Å². The average Bonchev–Trinajstić information content (AvgIpc) is 3.15. The number of aromatic nitrogens is 2. The van der Waals surface area contributed by atoms with Gasteiger partial charge in [-0.05, 0) is 12.1 Å². The summed E-state index contributed by atoms with van der Waals surface area (Å²) < 4.78 is 37.9. The van der Waals surface area contributed by atoms with Crippen molar-refractivity contribution >= 4 is 26.5 Å². The summed E-state index contributed by atoms with van der Waals surface area (Å²) in [7, 11) is -0.425. The van der Waals surface area contributed by atoms with Crippen LogP contribution in [-0.4, -0.2) is 74.0 Å². The molecule has 2 aromatic carbocycles. The van der Waals surface area contributed by atoms with E-state index in [0.29, 0.717) is 5.39 Å². The number of nitrogens with one attached hydrogen (secondary N) is 2. The lowest BCUT2D eigenvalue weighted by atomic mass is 10.1. The third kappa shape index (κ3) is 5.05. The maximum Gasteiger partial charge on any atom is 0.330 e. The maximum absolute atomic E-state index is 13.0. The van der Waals surface area contributed by atoms with Crippen molar-refractivity contribution in [3.8, 4) is 0 Å². The Bertz CT molecular complexity index is 1450. The molecule has 2 heterocycles. The van der Waals surface area contributed by atoms with Gasteiger partial charge in [-0.2, -0.15) is 0 Å². The van der Waals surface area contributed by atoms with E-state index in [1.807, 2.05) is 36.0 Å². The number of H-pyrrole nitrogens is 1. The first kappa shape index (κ1) is 26.0. The highest BCUT2D eigenvalue weighted by molar-refractivity contribution is 7.89. The van der Waals surface area contributed by atoms with Crippen molar-refractivity contribution < 1.29 is 32.9 Å². The number of rotatable bonds is 9. The van der Waals surface area contributed by atoms with E-state index in [9.17, 15) is 28.2 Å². The van der Waals surface area contributed by atoms with Crippen LogP contribution in [0.5, 0.6) is 0 Å². The molecule has 4 rings (SSSR count). The quantitative estimate of drug-likeness (QED) is 0.159. The number of hydrogen-bond donors (Lipinski definition) is 4. The van der Waals surface area contributed by atoms with Crippen LogP contribution in [0.15, 0.2) is 63.1 Å². The Morgan fingerprint density at radius 2 is 1.86 bits per heavy atom. The first-order valence-electron chi connectivity index (χ1n) is 10.8. The third-order valence-corrected chi connectivity index (χ3v) is 7.01. The maximum atomic E-state index is 13.0. The van der Waals surface area contributed by atoms with E-state index in [0.717, 1.165) is 27.9 Å². The lowest BCUT2D eigenvalue weighted by molar-refractivity contribution is -0.150. The molecule has 1 saturated heterocycles. The topological polar surface area (TPSA) is 172 Å². The molecule has 194 valence electrons. The molecule has 4 N–H and O–H groups in total. The number of aliphatic hydroxyl groups is 2. The number of hydrogen-bond acceptors (Lipinski definition) is 10. The second-order valence-electron chi connectivity index (χ2n) is 8.26. The summed E-state index contributed by atoms with van der Waals surface area (Å²) in [5.41, 5.74) is -0.609. The fourth-order valence-electron chi connectivity index (χ4n) is 4.05. The predicted molar refractivity (Wildman–Crippen MR) is 128 cm³/mol. The van der Waals surface area contributed by atoms with Crippen molar-refractivity contribution in [3.63, 3.8) is 0 Å². The van der Waals surface area contributed by atoms with Crippen LogP contribution in [0.25, 0.3) is 10.8 Å². The largest absolute Gasteiger partial charge is 0.394 e. The zero-order valence-corrected chi connectivity index (χ0v) is 20.2. The minimum Gasteiger partial charge on any atom is -0.394 e. The molecule has 1 unspecified atom stereocenters. The van der Waals surface area contributed by atoms with Crippen LogP contribution >= 0.6 is 0 Å². The standard InChI is InChI=1S/C22H26N4O9S/c1-25(2)15-7-3-6-14-13(15)5-4-8-17(14)36(31,32)24-34-12-33-20-19(29)16(11-27)35-21(20)26-10-9-18(28)23-22(26)30/h3-10,16,19-21,24,27,29H,11-12H2,1-2H3,(H,23,28,30)/t16-,19+,20?,21-/m1/s1. The summed E-state index contributed by atoms with van der Waals surface area (Å²) in [6.07, 6.45) is -3.75. The SMILES string of the molecule is CN(C)c1cccc2c(S(=O)(=O)NOCOC3[C@@H](O)[C@@H](CO)O[C@H]3n3ccc(=O)[nH]c3=O)cccc12. The van der Waals surface area contributed by atoms with Gasteiger partial charge in [-0.15, -0.1) is 0 Å². The number of sulfonamides is 1. The van der Waals surface area contributed by atoms with E-state index in [1.54, 1.807) is 18.2 Å². The molecular weight excluding hydrogens is 496 g/mol. The molecule has 1 aliphatic rings. The van der Waals surface area contributed by atoms with Gasteiger partial charge in [-0.25, -0.2) is 13.2 Å². The lowest BCUT2D eigenvalue weighted by Crippen LogP contribution is -2.40. The van der Waals surface area contributed by atoms with E-state index in [-0.39, 0.29) is 4.90 Å². The molecule has 13 nitrogen and oxygen atoms in total. The van der Waals surface area contributed by atoms with Gasteiger partial charge in [0.25, 0.3) is 15.6 Å². The van der Waals surface area contributed by atoms with E-state index in [2.05, 4.69) is 4.98 Å². The molecule has 1 aliphatic heterocycles. The highest BCUT2D eigenvalue weighted by Crippen LogP contribution is 2.31. The number of ether oxygens (including phenoxy) is 2. The first-order chi connectivity index (χ1) is 17.1. The number of aromatic amines is 1. The van der Waals surface area contributed by atoms with Gasteiger partial charge in [0.1, 0.15) is 18.3 Å². The molecule has 0 spiro atoms. The van der Waals surface area contributed by atoms with Crippen molar-refractivity contribution in [1.82, 2.24) is 14.4 Å². The summed E-state index contributed by atoms with van der Waals surface area (Å²) >= 11 is 0.